The van der Waals surface area contributed by atoms with Gasteiger partial charge in [-0.15, -0.1) is 0 Å². The number of morpholine rings is 1. The second kappa shape index (κ2) is 8.70. The van der Waals surface area contributed by atoms with Crippen LogP contribution in [-0.4, -0.2) is 42.3 Å². The first-order valence-corrected chi connectivity index (χ1v) is 10.7. The van der Waals surface area contributed by atoms with Crippen LogP contribution in [0, 0.1) is 0 Å². The molecule has 0 bridgehead atoms. The van der Waals surface area contributed by atoms with E-state index in [1.54, 1.807) is 11.8 Å². The fourth-order valence-corrected chi connectivity index (χ4v) is 5.10. The molecule has 1 saturated heterocycles. The van der Waals surface area contributed by atoms with Gasteiger partial charge >= 0.3 is 0 Å². The van der Waals surface area contributed by atoms with Crippen molar-refractivity contribution in [2.45, 2.75) is 22.8 Å². The van der Waals surface area contributed by atoms with Crippen LogP contribution in [0.4, 0.5) is 0 Å². The fraction of sp³-hybridized carbons (Fsp3) is 0.364. The molecule has 1 fully saturated rings. The van der Waals surface area contributed by atoms with Crippen LogP contribution in [0.25, 0.3) is 10.9 Å². The zero-order valence-electron chi connectivity index (χ0n) is 15.7. The lowest BCUT2D eigenvalue weighted by Crippen LogP contribution is -2.36. The standard InChI is InChI=1S/C22H25ClN2OS/c1-24-20-10-4-2-7-17(20)18(8-6-12-25-13-15-26-16-14-25)22(24)27-21-11-5-3-9-19(21)23/h2-5,7,9-11H,6,8,12-16H2,1H3. The third-order valence-electron chi connectivity index (χ3n) is 5.20. The molecule has 0 atom stereocenters. The van der Waals surface area contributed by atoms with Crippen molar-refractivity contribution < 1.29 is 4.74 Å². The number of benzene rings is 2. The molecule has 0 amide bonds. The van der Waals surface area contributed by atoms with E-state index < -0.39 is 0 Å². The number of ether oxygens (including phenoxy) is 1. The molecule has 0 spiro atoms. The number of fused-ring (bicyclic) bond motifs is 1. The van der Waals surface area contributed by atoms with Gasteiger partial charge in [0.05, 0.1) is 23.3 Å². The van der Waals surface area contributed by atoms with Gasteiger partial charge in [0, 0.05) is 35.9 Å². The largest absolute Gasteiger partial charge is 0.379 e. The second-order valence-corrected chi connectivity index (χ2v) is 8.39. The molecule has 1 aromatic heterocycles. The highest BCUT2D eigenvalue weighted by atomic mass is 35.5. The molecule has 0 unspecified atom stereocenters. The van der Waals surface area contributed by atoms with Crippen LogP contribution in [-0.2, 0) is 18.2 Å². The average molecular weight is 401 g/mol. The molecule has 1 aliphatic heterocycles. The maximum atomic E-state index is 6.43. The summed E-state index contributed by atoms with van der Waals surface area (Å²) in [5.74, 6) is 0. The summed E-state index contributed by atoms with van der Waals surface area (Å²) in [5, 5.41) is 3.47. The molecule has 3 aromatic rings. The molecule has 2 heterocycles. The highest BCUT2D eigenvalue weighted by Crippen LogP contribution is 2.39. The van der Waals surface area contributed by atoms with Crippen molar-refractivity contribution in [1.82, 2.24) is 9.47 Å². The van der Waals surface area contributed by atoms with E-state index in [0.29, 0.717) is 0 Å². The molecular weight excluding hydrogens is 376 g/mol. The van der Waals surface area contributed by atoms with E-state index in [1.807, 2.05) is 12.1 Å². The number of rotatable bonds is 6. The van der Waals surface area contributed by atoms with Crippen LogP contribution in [0.3, 0.4) is 0 Å². The Hall–Kier alpha value is -1.46. The lowest BCUT2D eigenvalue weighted by atomic mass is 10.1. The first-order chi connectivity index (χ1) is 13.2. The molecule has 3 nitrogen and oxygen atoms in total. The third kappa shape index (κ3) is 4.19. The van der Waals surface area contributed by atoms with Crippen LogP contribution in [0.2, 0.25) is 5.02 Å². The maximum Gasteiger partial charge on any atom is 0.0837 e. The number of nitrogens with zero attached hydrogens (tertiary/aromatic N) is 2. The molecule has 0 radical (unpaired) electrons. The first kappa shape index (κ1) is 18.9. The van der Waals surface area contributed by atoms with E-state index in [-0.39, 0.29) is 0 Å². The summed E-state index contributed by atoms with van der Waals surface area (Å²) in [6.45, 7) is 4.96. The van der Waals surface area contributed by atoms with E-state index >= 15 is 0 Å². The van der Waals surface area contributed by atoms with Gasteiger partial charge in [0.15, 0.2) is 0 Å². The van der Waals surface area contributed by atoms with Crippen LogP contribution < -0.4 is 0 Å². The van der Waals surface area contributed by atoms with Gasteiger partial charge in [-0.1, -0.05) is 53.7 Å². The number of aryl methyl sites for hydroxylation is 2. The molecule has 1 aliphatic rings. The second-order valence-electron chi connectivity index (χ2n) is 6.95. The van der Waals surface area contributed by atoms with E-state index in [9.17, 15) is 0 Å². The summed E-state index contributed by atoms with van der Waals surface area (Å²) in [6.07, 6.45) is 2.23. The number of hydrogen-bond donors (Lipinski definition) is 0. The van der Waals surface area contributed by atoms with Crippen LogP contribution >= 0.6 is 23.4 Å². The Morgan fingerprint density at radius 1 is 1.04 bits per heavy atom. The summed E-state index contributed by atoms with van der Waals surface area (Å²) in [7, 11) is 2.16. The van der Waals surface area contributed by atoms with E-state index in [1.165, 1.54) is 21.5 Å². The van der Waals surface area contributed by atoms with Crippen molar-refractivity contribution in [3.63, 3.8) is 0 Å². The normalized spacial score (nSPS) is 15.5. The first-order valence-electron chi connectivity index (χ1n) is 9.53. The Balaban J connectivity index is 1.60. The molecule has 0 saturated carbocycles. The van der Waals surface area contributed by atoms with Crippen molar-refractivity contribution >= 4 is 34.3 Å². The number of aromatic nitrogens is 1. The van der Waals surface area contributed by atoms with Crippen molar-refractivity contribution in [1.29, 1.82) is 0 Å². The Labute approximate surface area is 170 Å². The minimum atomic E-state index is 0.812. The minimum absolute atomic E-state index is 0.812. The van der Waals surface area contributed by atoms with Gasteiger partial charge in [-0.3, -0.25) is 4.90 Å². The van der Waals surface area contributed by atoms with E-state index in [4.69, 9.17) is 16.3 Å². The summed E-state index contributed by atoms with van der Waals surface area (Å²) >= 11 is 8.21. The molecule has 0 aliphatic carbocycles. The molecular formula is C22H25ClN2OS. The lowest BCUT2D eigenvalue weighted by molar-refractivity contribution is 0.0374. The number of halogens is 1. The van der Waals surface area contributed by atoms with Gasteiger partial charge in [0.1, 0.15) is 0 Å². The van der Waals surface area contributed by atoms with Crippen LogP contribution in [0.1, 0.15) is 12.0 Å². The summed E-state index contributed by atoms with van der Waals surface area (Å²) in [5.41, 5.74) is 2.72. The van der Waals surface area contributed by atoms with Crippen molar-refractivity contribution in [2.24, 2.45) is 7.05 Å². The minimum Gasteiger partial charge on any atom is -0.379 e. The predicted octanol–water partition coefficient (Wildman–Crippen LogP) is 5.25. The predicted molar refractivity (Wildman–Crippen MR) is 114 cm³/mol. The molecule has 2 aromatic carbocycles. The summed E-state index contributed by atoms with van der Waals surface area (Å²) in [6, 6.07) is 16.8. The Morgan fingerprint density at radius 3 is 2.59 bits per heavy atom. The van der Waals surface area contributed by atoms with E-state index in [0.717, 1.165) is 55.6 Å². The molecule has 142 valence electrons. The Morgan fingerprint density at radius 2 is 1.78 bits per heavy atom. The smallest absolute Gasteiger partial charge is 0.0837 e. The van der Waals surface area contributed by atoms with Crippen molar-refractivity contribution in [3.05, 3.63) is 59.1 Å². The lowest BCUT2D eigenvalue weighted by Gasteiger charge is -2.26. The van der Waals surface area contributed by atoms with Crippen LogP contribution in [0.5, 0.6) is 0 Å². The third-order valence-corrected chi connectivity index (χ3v) is 6.93. The number of para-hydroxylation sites is 1. The Kier molecular flexibility index (Phi) is 6.08. The molecule has 5 heteroatoms. The maximum absolute atomic E-state index is 6.43. The van der Waals surface area contributed by atoms with Gasteiger partial charge in [0.25, 0.3) is 0 Å². The summed E-state index contributed by atoms with van der Waals surface area (Å²) in [4.78, 5) is 3.62. The summed E-state index contributed by atoms with van der Waals surface area (Å²) < 4.78 is 7.77. The van der Waals surface area contributed by atoms with Gasteiger partial charge < -0.3 is 9.30 Å². The van der Waals surface area contributed by atoms with E-state index in [2.05, 4.69) is 52.9 Å². The fourth-order valence-electron chi connectivity index (χ4n) is 3.76. The van der Waals surface area contributed by atoms with Gasteiger partial charge in [-0.25, -0.2) is 0 Å². The van der Waals surface area contributed by atoms with Crippen molar-refractivity contribution in [3.8, 4) is 0 Å². The van der Waals surface area contributed by atoms with Crippen molar-refractivity contribution in [2.75, 3.05) is 32.8 Å². The highest BCUT2D eigenvalue weighted by molar-refractivity contribution is 7.99. The Bertz CT molecular complexity index is 918. The quantitative estimate of drug-likeness (QED) is 0.562. The van der Waals surface area contributed by atoms with Gasteiger partial charge in [-0.2, -0.15) is 0 Å². The molecule has 4 rings (SSSR count). The highest BCUT2D eigenvalue weighted by Gasteiger charge is 2.17. The van der Waals surface area contributed by atoms with Gasteiger partial charge in [-0.05, 0) is 43.1 Å². The molecule has 27 heavy (non-hydrogen) atoms. The topological polar surface area (TPSA) is 17.4 Å². The number of hydrogen-bond acceptors (Lipinski definition) is 3. The SMILES string of the molecule is Cn1c(Sc2ccccc2Cl)c(CCCN2CCOCC2)c2ccccc21. The zero-order chi connectivity index (χ0) is 18.6. The zero-order valence-corrected chi connectivity index (χ0v) is 17.2. The molecule has 0 N–H and O–H groups in total. The average Bonchev–Trinajstić information content (AvgIpc) is 2.97. The van der Waals surface area contributed by atoms with Crippen LogP contribution in [0.15, 0.2) is 58.5 Å². The van der Waals surface area contributed by atoms with Gasteiger partial charge in [0.2, 0.25) is 0 Å². The monoisotopic (exact) mass is 400 g/mol.